The zero-order chi connectivity index (χ0) is 31.5. The number of urea groups is 1. The van der Waals surface area contributed by atoms with Crippen LogP contribution in [0.4, 0.5) is 19.3 Å². The molecule has 5 aromatic rings. The molecule has 0 saturated carbocycles. The summed E-state index contributed by atoms with van der Waals surface area (Å²) in [7, 11) is 1.94. The van der Waals surface area contributed by atoms with E-state index in [4.69, 9.17) is 0 Å². The molecule has 5 rings (SSSR count). The Balaban J connectivity index is 0.00000288. The first-order chi connectivity index (χ1) is 21.1. The third-order valence-electron chi connectivity index (χ3n) is 7.50. The van der Waals surface area contributed by atoms with E-state index in [1.807, 2.05) is 40.0 Å². The molecule has 11 heteroatoms. The lowest BCUT2D eigenvalue weighted by atomic mass is 10.1. The molecule has 3 aromatic carbocycles. The number of rotatable bonds is 9. The van der Waals surface area contributed by atoms with Gasteiger partial charge in [0.25, 0.3) is 5.56 Å². The third-order valence-corrected chi connectivity index (χ3v) is 8.80. The molecular weight excluding hydrogens is 584 g/mol. The van der Waals surface area contributed by atoms with Gasteiger partial charge in [0.1, 0.15) is 16.5 Å². The molecule has 0 aliphatic heterocycles. The number of fused-ring (bicyclic) bond motifs is 1. The molecular formula is C33H37F2N5O3S. The van der Waals surface area contributed by atoms with Crippen LogP contribution in [0.5, 0.6) is 0 Å². The highest BCUT2D eigenvalue weighted by molar-refractivity contribution is 7.22. The molecule has 0 bridgehead atoms. The van der Waals surface area contributed by atoms with E-state index >= 15 is 0 Å². The lowest BCUT2D eigenvalue weighted by Gasteiger charge is -2.21. The van der Waals surface area contributed by atoms with Crippen molar-refractivity contribution in [1.29, 1.82) is 0 Å². The van der Waals surface area contributed by atoms with Crippen LogP contribution < -0.4 is 21.9 Å². The van der Waals surface area contributed by atoms with Crippen LogP contribution in [0.2, 0.25) is 0 Å². The van der Waals surface area contributed by atoms with Gasteiger partial charge in [-0.3, -0.25) is 14.3 Å². The van der Waals surface area contributed by atoms with Crippen molar-refractivity contribution < 1.29 is 16.4 Å². The van der Waals surface area contributed by atoms with Crippen molar-refractivity contribution in [1.82, 2.24) is 19.4 Å². The summed E-state index contributed by atoms with van der Waals surface area (Å²) in [5.74, 6) is -1.57. The molecule has 2 amide bonds. The molecule has 0 spiro atoms. The summed E-state index contributed by atoms with van der Waals surface area (Å²) in [6.45, 7) is 6.35. The fourth-order valence-electron chi connectivity index (χ4n) is 4.91. The second kappa shape index (κ2) is 12.9. The Labute approximate surface area is 260 Å². The summed E-state index contributed by atoms with van der Waals surface area (Å²) in [6, 6.07) is 19.1. The molecule has 232 valence electrons. The Morgan fingerprint density at radius 3 is 2.23 bits per heavy atom. The van der Waals surface area contributed by atoms with Crippen molar-refractivity contribution in [2.45, 2.75) is 39.9 Å². The van der Waals surface area contributed by atoms with Gasteiger partial charge in [-0.15, -0.1) is 11.3 Å². The SMILES string of the molecule is CCNC(=O)Nc1ccc(-c2sc3c(c2CN(C)C(C)C)c(=O)n(-c2ccccc2)c(=O)n3Cc2c(F)cccc2F)cc1.[HH].[HH]. The molecule has 0 fully saturated rings. The average molecular weight is 622 g/mol. The van der Waals surface area contributed by atoms with Gasteiger partial charge in [-0.05, 0) is 75.3 Å². The maximum atomic E-state index is 14.9. The number of hydrogen-bond acceptors (Lipinski definition) is 5. The number of thiophene rings is 1. The van der Waals surface area contributed by atoms with E-state index in [0.29, 0.717) is 40.2 Å². The maximum Gasteiger partial charge on any atom is 0.337 e. The molecule has 0 aliphatic rings. The predicted molar refractivity (Wildman–Crippen MR) is 176 cm³/mol. The van der Waals surface area contributed by atoms with Crippen LogP contribution in [-0.4, -0.2) is 39.7 Å². The van der Waals surface area contributed by atoms with Crippen molar-refractivity contribution in [2.24, 2.45) is 0 Å². The van der Waals surface area contributed by atoms with Crippen LogP contribution >= 0.6 is 11.3 Å². The fourth-order valence-corrected chi connectivity index (χ4v) is 6.21. The number of benzene rings is 3. The summed E-state index contributed by atoms with van der Waals surface area (Å²) >= 11 is 1.23. The van der Waals surface area contributed by atoms with Crippen LogP contribution in [0, 0.1) is 11.6 Å². The number of amides is 2. The van der Waals surface area contributed by atoms with Crippen LogP contribution in [-0.2, 0) is 13.1 Å². The van der Waals surface area contributed by atoms with Gasteiger partial charge in [-0.2, -0.15) is 0 Å². The van der Waals surface area contributed by atoms with Crippen molar-refractivity contribution in [3.05, 3.63) is 116 Å². The summed E-state index contributed by atoms with van der Waals surface area (Å²) in [5.41, 5.74) is 0.916. The maximum absolute atomic E-state index is 14.9. The van der Waals surface area contributed by atoms with Crippen molar-refractivity contribution in [3.8, 4) is 16.1 Å². The predicted octanol–water partition coefficient (Wildman–Crippen LogP) is 6.68. The highest BCUT2D eigenvalue weighted by Gasteiger charge is 2.26. The van der Waals surface area contributed by atoms with E-state index in [1.165, 1.54) is 22.0 Å². The number of hydrogen-bond donors (Lipinski definition) is 2. The van der Waals surface area contributed by atoms with E-state index in [2.05, 4.69) is 15.5 Å². The second-order valence-corrected chi connectivity index (χ2v) is 11.7. The number of anilines is 1. The van der Waals surface area contributed by atoms with Crippen LogP contribution in [0.25, 0.3) is 26.3 Å². The minimum absolute atomic E-state index is 0. The van der Waals surface area contributed by atoms with Gasteiger partial charge >= 0.3 is 11.7 Å². The van der Waals surface area contributed by atoms with Gasteiger partial charge in [0, 0.05) is 38.1 Å². The molecule has 0 unspecified atom stereocenters. The Kier molecular flexibility index (Phi) is 9.07. The minimum atomic E-state index is -0.783. The normalized spacial score (nSPS) is 11.5. The summed E-state index contributed by atoms with van der Waals surface area (Å²) < 4.78 is 32.1. The Hall–Kier alpha value is -4.61. The van der Waals surface area contributed by atoms with E-state index in [-0.39, 0.29) is 20.5 Å². The Morgan fingerprint density at radius 2 is 1.61 bits per heavy atom. The Morgan fingerprint density at radius 1 is 0.955 bits per heavy atom. The summed E-state index contributed by atoms with van der Waals surface area (Å²) in [5, 5.41) is 5.77. The van der Waals surface area contributed by atoms with Gasteiger partial charge in [0.05, 0.1) is 17.6 Å². The Bertz CT molecular complexity index is 1920. The van der Waals surface area contributed by atoms with E-state index in [1.54, 1.807) is 42.5 Å². The molecule has 0 aliphatic carbocycles. The van der Waals surface area contributed by atoms with Crippen molar-refractivity contribution in [2.75, 3.05) is 18.9 Å². The zero-order valence-electron chi connectivity index (χ0n) is 24.9. The molecule has 2 N–H and O–H groups in total. The first kappa shape index (κ1) is 30.8. The topological polar surface area (TPSA) is 88.4 Å². The molecule has 44 heavy (non-hydrogen) atoms. The first-order valence-electron chi connectivity index (χ1n) is 14.3. The number of halogens is 2. The largest absolute Gasteiger partial charge is 0.338 e. The number of nitrogens with one attached hydrogen (secondary N) is 2. The molecule has 8 nitrogen and oxygen atoms in total. The number of nitrogens with zero attached hydrogens (tertiary/aromatic N) is 3. The number of aromatic nitrogens is 2. The van der Waals surface area contributed by atoms with Gasteiger partial charge < -0.3 is 10.6 Å². The highest BCUT2D eigenvalue weighted by atomic mass is 32.1. The molecule has 0 radical (unpaired) electrons. The number of carbonyl (C=O) groups is 1. The van der Waals surface area contributed by atoms with Crippen LogP contribution in [0.3, 0.4) is 0 Å². The molecule has 0 saturated heterocycles. The standard InChI is InChI=1S/C33H33F2N5O3S.2H2/c1-5-36-32(42)37-22-16-14-21(15-17-22)29-25(18-38(4)20(2)3)28-30(41)40(23-10-7-6-8-11-23)33(43)39(31(28)44-29)19-24-26(34)12-9-13-27(24)35;;/h6-17,20H,5,18-19H2,1-4H3,(H2,36,37,42);2*1H. The lowest BCUT2D eigenvalue weighted by molar-refractivity contribution is 0.252. The summed E-state index contributed by atoms with van der Waals surface area (Å²) in [4.78, 5) is 43.5. The highest BCUT2D eigenvalue weighted by Crippen LogP contribution is 2.38. The minimum Gasteiger partial charge on any atom is -0.338 e. The van der Waals surface area contributed by atoms with Gasteiger partial charge in [-0.25, -0.2) is 22.9 Å². The van der Waals surface area contributed by atoms with Gasteiger partial charge in [0.2, 0.25) is 0 Å². The van der Waals surface area contributed by atoms with Crippen molar-refractivity contribution >= 4 is 33.3 Å². The first-order valence-corrected chi connectivity index (χ1v) is 15.1. The zero-order valence-corrected chi connectivity index (χ0v) is 25.7. The third kappa shape index (κ3) is 6.06. The quantitative estimate of drug-likeness (QED) is 0.192. The lowest BCUT2D eigenvalue weighted by Crippen LogP contribution is -2.39. The van der Waals surface area contributed by atoms with Crippen LogP contribution in [0.1, 0.15) is 34.8 Å². The fraction of sp³-hybridized carbons (Fsp3) is 0.242. The monoisotopic (exact) mass is 621 g/mol. The second-order valence-electron chi connectivity index (χ2n) is 10.7. The molecule has 2 aromatic heterocycles. The van der Waals surface area contributed by atoms with E-state index in [0.717, 1.165) is 27.1 Å². The van der Waals surface area contributed by atoms with Gasteiger partial charge in [0.15, 0.2) is 0 Å². The van der Waals surface area contributed by atoms with E-state index < -0.39 is 29.4 Å². The van der Waals surface area contributed by atoms with Crippen molar-refractivity contribution in [3.63, 3.8) is 0 Å². The van der Waals surface area contributed by atoms with Gasteiger partial charge in [-0.1, -0.05) is 36.4 Å². The molecule has 0 atom stereocenters. The molecule has 2 heterocycles. The average Bonchev–Trinajstić information content (AvgIpc) is 3.36. The smallest absolute Gasteiger partial charge is 0.337 e. The summed E-state index contributed by atoms with van der Waals surface area (Å²) in [6.07, 6.45) is 0. The van der Waals surface area contributed by atoms with E-state index in [9.17, 15) is 23.2 Å². The number of carbonyl (C=O) groups excluding carboxylic acids is 1. The van der Waals surface area contributed by atoms with Crippen LogP contribution in [0.15, 0.2) is 82.4 Å². The number of para-hydroxylation sites is 1.